The number of benzene rings is 2. The number of carboxylic acids is 1. The van der Waals surface area contributed by atoms with Crippen molar-refractivity contribution in [2.75, 3.05) is 24.6 Å². The fourth-order valence-corrected chi connectivity index (χ4v) is 5.03. The molecule has 182 valence electrons. The van der Waals surface area contributed by atoms with E-state index in [1.54, 1.807) is 0 Å². The van der Waals surface area contributed by atoms with Gasteiger partial charge in [0.25, 0.3) is 0 Å². The zero-order valence-corrected chi connectivity index (χ0v) is 20.1. The summed E-state index contributed by atoms with van der Waals surface area (Å²) in [6.45, 7) is 3.74. The maximum atomic E-state index is 11.1. The van der Waals surface area contributed by atoms with Crippen molar-refractivity contribution >= 4 is 33.6 Å². The van der Waals surface area contributed by atoms with E-state index in [1.807, 2.05) is 53.1 Å². The van der Waals surface area contributed by atoms with Crippen molar-refractivity contribution in [2.24, 2.45) is 7.05 Å². The van der Waals surface area contributed by atoms with Crippen LogP contribution in [-0.4, -0.2) is 61.4 Å². The molecule has 0 saturated carbocycles. The Morgan fingerprint density at radius 2 is 1.97 bits per heavy atom. The molecule has 0 spiro atoms. The number of para-hydroxylation sites is 1. The number of fused-ring (bicyclic) bond motifs is 2. The maximum Gasteiger partial charge on any atom is 0.306 e. The van der Waals surface area contributed by atoms with Crippen molar-refractivity contribution in [3.63, 3.8) is 0 Å². The predicted molar refractivity (Wildman–Crippen MR) is 138 cm³/mol. The first-order valence-corrected chi connectivity index (χ1v) is 11.9. The Morgan fingerprint density at radius 3 is 2.78 bits per heavy atom. The van der Waals surface area contributed by atoms with Crippen LogP contribution >= 0.6 is 0 Å². The second kappa shape index (κ2) is 8.76. The Bertz CT molecular complexity index is 1590. The van der Waals surface area contributed by atoms with Crippen LogP contribution in [0.1, 0.15) is 12.0 Å². The van der Waals surface area contributed by atoms with Gasteiger partial charge in [0.1, 0.15) is 11.5 Å². The van der Waals surface area contributed by atoms with Crippen molar-refractivity contribution in [2.45, 2.75) is 19.4 Å². The smallest absolute Gasteiger partial charge is 0.306 e. The van der Waals surface area contributed by atoms with Gasteiger partial charge in [0.15, 0.2) is 0 Å². The fraction of sp³-hybridized carbons (Fsp3) is 0.259. The van der Waals surface area contributed by atoms with Gasteiger partial charge in [-0.1, -0.05) is 30.3 Å². The van der Waals surface area contributed by atoms with Crippen LogP contribution in [-0.2, 0) is 16.6 Å². The van der Waals surface area contributed by atoms with Crippen LogP contribution in [0.2, 0.25) is 0 Å². The summed E-state index contributed by atoms with van der Waals surface area (Å²) in [6, 6.07) is 16.3. The number of nitrogens with zero attached hydrogens (tertiary/aromatic N) is 6. The van der Waals surface area contributed by atoms with Gasteiger partial charge in [0.05, 0.1) is 42.0 Å². The first-order valence-electron chi connectivity index (χ1n) is 11.9. The maximum absolute atomic E-state index is 11.1. The average Bonchev–Trinajstić information content (AvgIpc) is 3.45. The summed E-state index contributed by atoms with van der Waals surface area (Å²) in [5.74, 6) is -0.0603. The summed E-state index contributed by atoms with van der Waals surface area (Å²) in [6.07, 6.45) is 3.50. The molecule has 0 bridgehead atoms. The molecule has 0 aliphatic carbocycles. The van der Waals surface area contributed by atoms with Gasteiger partial charge in [-0.15, -0.1) is 0 Å². The SMILES string of the molecule is Cc1cccc2c(-c3cccc4nn(C)cc34)nn(-c3ccc(N4CCO[C@@H](CC(=O)O)C4)nc3)c12. The number of rotatable bonds is 5. The second-order valence-electron chi connectivity index (χ2n) is 9.18. The second-order valence-corrected chi connectivity index (χ2v) is 9.18. The van der Waals surface area contributed by atoms with Crippen LogP contribution in [0.15, 0.2) is 60.9 Å². The number of morpholine rings is 1. The minimum Gasteiger partial charge on any atom is -0.481 e. The normalized spacial score (nSPS) is 16.2. The molecular weight excluding hydrogens is 456 g/mol. The molecule has 1 atom stereocenters. The highest BCUT2D eigenvalue weighted by Crippen LogP contribution is 2.35. The van der Waals surface area contributed by atoms with Crippen molar-refractivity contribution in [3.05, 3.63) is 66.5 Å². The van der Waals surface area contributed by atoms with E-state index >= 15 is 0 Å². The zero-order chi connectivity index (χ0) is 24.8. The van der Waals surface area contributed by atoms with Gasteiger partial charge in [0.2, 0.25) is 0 Å². The highest BCUT2D eigenvalue weighted by atomic mass is 16.5. The third kappa shape index (κ3) is 3.87. The van der Waals surface area contributed by atoms with Gasteiger partial charge in [-0.2, -0.15) is 10.2 Å². The Labute approximate surface area is 207 Å². The molecule has 6 rings (SSSR count). The van der Waals surface area contributed by atoms with Crippen molar-refractivity contribution in [3.8, 4) is 16.9 Å². The quantitative estimate of drug-likeness (QED) is 0.405. The summed E-state index contributed by atoms with van der Waals surface area (Å²) in [5, 5.41) is 20.9. The van der Waals surface area contributed by atoms with Crippen LogP contribution in [0.3, 0.4) is 0 Å². The Hall–Kier alpha value is -4.24. The lowest BCUT2D eigenvalue weighted by atomic mass is 10.0. The number of anilines is 1. The van der Waals surface area contributed by atoms with Gasteiger partial charge in [-0.3, -0.25) is 9.48 Å². The van der Waals surface area contributed by atoms with Crippen LogP contribution in [0.5, 0.6) is 0 Å². The lowest BCUT2D eigenvalue weighted by Gasteiger charge is -2.33. The van der Waals surface area contributed by atoms with Crippen LogP contribution < -0.4 is 4.90 Å². The van der Waals surface area contributed by atoms with E-state index in [-0.39, 0.29) is 12.5 Å². The molecular formula is C27H26N6O3. The summed E-state index contributed by atoms with van der Waals surface area (Å²) in [5.41, 5.74) is 5.90. The Kier molecular flexibility index (Phi) is 5.41. The molecule has 1 fully saturated rings. The largest absolute Gasteiger partial charge is 0.481 e. The molecule has 36 heavy (non-hydrogen) atoms. The van der Waals surface area contributed by atoms with Crippen molar-refractivity contribution in [1.29, 1.82) is 0 Å². The van der Waals surface area contributed by atoms with E-state index in [4.69, 9.17) is 19.9 Å². The number of hydrogen-bond donors (Lipinski definition) is 1. The first kappa shape index (κ1) is 22.2. The predicted octanol–water partition coefficient (Wildman–Crippen LogP) is 3.96. The number of pyridine rings is 1. The van der Waals surface area contributed by atoms with E-state index in [1.165, 1.54) is 0 Å². The molecule has 1 N–H and O–H groups in total. The molecule has 0 amide bonds. The Balaban J connectivity index is 1.40. The molecule has 1 saturated heterocycles. The van der Waals surface area contributed by atoms with Crippen LogP contribution in [0.25, 0.3) is 38.8 Å². The van der Waals surface area contributed by atoms with Gasteiger partial charge >= 0.3 is 5.97 Å². The van der Waals surface area contributed by atoms with Crippen molar-refractivity contribution < 1.29 is 14.6 Å². The summed E-state index contributed by atoms with van der Waals surface area (Å²) >= 11 is 0. The number of aromatic nitrogens is 5. The fourth-order valence-electron chi connectivity index (χ4n) is 5.03. The first-order chi connectivity index (χ1) is 17.5. The number of carboxylic acid groups (broad SMARTS) is 1. The third-order valence-corrected chi connectivity index (χ3v) is 6.67. The molecule has 1 aliphatic rings. The topological polar surface area (TPSA) is 98.3 Å². The molecule has 1 aliphatic heterocycles. The standard InChI is InChI=1S/C27H26N6O3/c1-17-5-3-7-21-26(20-6-4-8-23-22(20)16-31(2)29-23)30-33(27(17)21)18-9-10-24(28-14-18)32-11-12-36-19(15-32)13-25(34)35/h3-10,14,16,19H,11-13,15H2,1-2H3,(H,34,35)/t19-/m0/s1. The summed E-state index contributed by atoms with van der Waals surface area (Å²) < 4.78 is 9.39. The van der Waals surface area contributed by atoms with Gasteiger partial charge in [0, 0.05) is 42.7 Å². The highest BCUT2D eigenvalue weighted by Gasteiger charge is 2.24. The Morgan fingerprint density at radius 1 is 1.11 bits per heavy atom. The van der Waals surface area contributed by atoms with E-state index in [0.29, 0.717) is 19.7 Å². The highest BCUT2D eigenvalue weighted by molar-refractivity contribution is 6.03. The lowest BCUT2D eigenvalue weighted by Crippen LogP contribution is -2.43. The average molecular weight is 483 g/mol. The monoisotopic (exact) mass is 482 g/mol. The molecule has 2 aromatic carbocycles. The molecule has 9 nitrogen and oxygen atoms in total. The lowest BCUT2D eigenvalue weighted by molar-refractivity contribution is -0.140. The molecule has 0 radical (unpaired) electrons. The van der Waals surface area contributed by atoms with Crippen LogP contribution in [0, 0.1) is 6.92 Å². The molecule has 0 unspecified atom stereocenters. The summed E-state index contributed by atoms with van der Waals surface area (Å²) in [7, 11) is 1.93. The van der Waals surface area contributed by atoms with E-state index in [9.17, 15) is 4.79 Å². The number of aryl methyl sites for hydroxylation is 2. The molecule has 5 aromatic rings. The molecule has 3 aromatic heterocycles. The summed E-state index contributed by atoms with van der Waals surface area (Å²) in [4.78, 5) is 17.9. The third-order valence-electron chi connectivity index (χ3n) is 6.67. The van der Waals surface area contributed by atoms with Gasteiger partial charge in [-0.05, 0) is 30.7 Å². The van der Waals surface area contributed by atoms with E-state index < -0.39 is 5.97 Å². The zero-order valence-electron chi connectivity index (χ0n) is 20.1. The van der Waals surface area contributed by atoms with Crippen LogP contribution in [0.4, 0.5) is 5.82 Å². The van der Waals surface area contributed by atoms with Gasteiger partial charge < -0.3 is 14.7 Å². The minimum absolute atomic E-state index is 0.0143. The number of carbonyl (C=O) groups is 1. The number of hydrogen-bond acceptors (Lipinski definition) is 6. The van der Waals surface area contributed by atoms with Gasteiger partial charge in [-0.25, -0.2) is 9.67 Å². The minimum atomic E-state index is -0.858. The van der Waals surface area contributed by atoms with E-state index in [0.717, 1.165) is 50.1 Å². The molecule has 9 heteroatoms. The molecule has 4 heterocycles. The van der Waals surface area contributed by atoms with Crippen molar-refractivity contribution in [1.82, 2.24) is 24.5 Å². The van der Waals surface area contributed by atoms with E-state index in [2.05, 4.69) is 41.2 Å². The number of ether oxygens (including phenoxy) is 1. The number of aliphatic carboxylic acids is 1.